The second kappa shape index (κ2) is 18.7. The predicted octanol–water partition coefficient (Wildman–Crippen LogP) is 1.70. The van der Waals surface area contributed by atoms with Crippen LogP contribution >= 0.6 is 23.5 Å². The van der Waals surface area contributed by atoms with Crippen LogP contribution in [-0.2, 0) is 42.9 Å². The Morgan fingerprint density at radius 3 is 2.13 bits per heavy atom. The predicted molar refractivity (Wildman–Crippen MR) is 215 cm³/mol. The maximum atomic E-state index is 12.7. The first-order valence-corrected chi connectivity index (χ1v) is 23.0. The molecule has 2 unspecified atom stereocenters. The van der Waals surface area contributed by atoms with E-state index in [-0.39, 0.29) is 28.8 Å². The summed E-state index contributed by atoms with van der Waals surface area (Å²) in [7, 11) is -17.0. The van der Waals surface area contributed by atoms with Gasteiger partial charge in [-0.2, -0.15) is 13.2 Å². The van der Waals surface area contributed by atoms with Crippen LogP contribution in [0.4, 0.5) is 23.1 Å². The minimum absolute atomic E-state index is 0.00253. The molecule has 2 aromatic carbocycles. The number of phosphoric acid groups is 3. The molecule has 0 aliphatic carbocycles. The van der Waals surface area contributed by atoms with E-state index in [9.17, 15) is 38.5 Å². The number of aliphatic hydroxyl groups is 2. The largest absolute Gasteiger partial charge is 0.490 e. The third kappa shape index (κ3) is 11.3. The number of fused-ring (bicyclic) bond motifs is 3. The highest BCUT2D eigenvalue weighted by atomic mass is 31.3. The van der Waals surface area contributed by atoms with Gasteiger partial charge in [0, 0.05) is 60.2 Å². The van der Waals surface area contributed by atoms with Gasteiger partial charge >= 0.3 is 23.5 Å². The number of hydrogen-bond acceptors (Lipinski definition) is 17. The summed E-state index contributed by atoms with van der Waals surface area (Å²) in [6, 6.07) is 13.6. The Balaban J connectivity index is 0.966. The van der Waals surface area contributed by atoms with E-state index < -0.39 is 54.6 Å². The van der Waals surface area contributed by atoms with E-state index in [1.807, 2.05) is 36.4 Å². The van der Waals surface area contributed by atoms with E-state index in [4.69, 9.17) is 31.7 Å². The first kappa shape index (κ1) is 45.2. The third-order valence-electron chi connectivity index (χ3n) is 9.41. The fraction of sp³-hybridized carbons (Fsp3) is 0.424. The number of benzene rings is 2. The molecular weight excluding hydrogens is 853 g/mol. The normalized spacial score (nSPS) is 20.4. The summed E-state index contributed by atoms with van der Waals surface area (Å²) < 4.78 is 55.9. The molecule has 1 amide bonds. The number of phosphoric ester groups is 1. The Labute approximate surface area is 341 Å². The fourth-order valence-corrected chi connectivity index (χ4v) is 9.76. The fourth-order valence-electron chi connectivity index (χ4n) is 6.73. The number of imidazole rings is 1. The second-order valence-corrected chi connectivity index (χ2v) is 18.3. The molecule has 326 valence electrons. The van der Waals surface area contributed by atoms with Crippen molar-refractivity contribution in [3.05, 3.63) is 48.8 Å². The lowest BCUT2D eigenvalue weighted by molar-refractivity contribution is -0.645. The summed E-state index contributed by atoms with van der Waals surface area (Å²) in [5.41, 5.74) is 21.6. The summed E-state index contributed by atoms with van der Waals surface area (Å²) in [4.78, 5) is 61.9. The smallest absolute Gasteiger partial charge is 0.399 e. The summed E-state index contributed by atoms with van der Waals surface area (Å²) >= 11 is 0. The van der Waals surface area contributed by atoms with E-state index in [0.29, 0.717) is 50.3 Å². The van der Waals surface area contributed by atoms with Gasteiger partial charge in [-0.1, -0.05) is 12.8 Å². The maximum absolute atomic E-state index is 12.7. The van der Waals surface area contributed by atoms with Crippen LogP contribution in [0, 0.1) is 0 Å². The van der Waals surface area contributed by atoms with Gasteiger partial charge in [-0.05, 0) is 43.2 Å². The Bertz CT molecular complexity index is 2450. The van der Waals surface area contributed by atoms with Gasteiger partial charge in [0.1, 0.15) is 31.2 Å². The highest BCUT2D eigenvalue weighted by Crippen LogP contribution is 2.66. The van der Waals surface area contributed by atoms with E-state index >= 15 is 0 Å². The van der Waals surface area contributed by atoms with Crippen LogP contribution < -0.4 is 32.4 Å². The summed E-state index contributed by atoms with van der Waals surface area (Å²) in [5.74, 6) is 0.0629. The molecule has 0 radical (unpaired) electrons. The Morgan fingerprint density at radius 1 is 0.833 bits per heavy atom. The first-order chi connectivity index (χ1) is 28.3. The van der Waals surface area contributed by atoms with E-state index in [1.165, 1.54) is 4.57 Å². The zero-order valence-electron chi connectivity index (χ0n) is 31.8. The van der Waals surface area contributed by atoms with Crippen molar-refractivity contribution < 1.29 is 70.7 Å². The van der Waals surface area contributed by atoms with Crippen LogP contribution in [0.25, 0.3) is 33.0 Å². The Kier molecular flexibility index (Phi) is 14.1. The lowest BCUT2D eigenvalue weighted by Crippen LogP contribution is -2.36. The van der Waals surface area contributed by atoms with Crippen molar-refractivity contribution in [2.45, 2.75) is 69.6 Å². The number of nitrogen functional groups attached to an aromatic ring is 3. The standard InChI is InChI=1S/C33H45N10O14P3/c34-21-9-7-19-14-20-8-10-22(35)16-24(20)42(23(19)15-21)13-5-6-26(44)37-11-3-1-2-4-12-38-33-41-27-30(36)39-18-40-31(27)43(33)32-29(46)28(45)25(55-32)17-54-59(50,51)57-60(52,53)56-58(47,48)49/h7-10,14-16,18,25,28-29,32,45-46H,1-6,11-13,17H2,(H11,34,35,36,37,38,39,40,41,44,47,48,49,50,51,52,53)/p+1/t25-,28-,29-,32-/m1/s1. The topological polar surface area (TPSA) is 376 Å². The molecular formula is C33H46N10O14P3+. The quantitative estimate of drug-likeness (QED) is 0.0174. The van der Waals surface area contributed by atoms with Crippen LogP contribution in [0.5, 0.6) is 0 Å². The number of nitrogens with two attached hydrogens (primary N) is 3. The minimum atomic E-state index is -5.79. The number of rotatable bonds is 20. The number of unbranched alkanes of at least 4 members (excludes halogenated alkanes) is 3. The third-order valence-corrected chi connectivity index (χ3v) is 13.2. The number of ether oxygens (including phenoxy) is 1. The lowest BCUT2D eigenvalue weighted by atomic mass is 10.1. The van der Waals surface area contributed by atoms with Gasteiger partial charge in [-0.25, -0.2) is 28.6 Å². The number of aromatic nitrogens is 5. The zero-order valence-corrected chi connectivity index (χ0v) is 34.4. The van der Waals surface area contributed by atoms with Gasteiger partial charge in [-0.15, -0.1) is 0 Å². The highest BCUT2D eigenvalue weighted by Gasteiger charge is 2.47. The lowest BCUT2D eigenvalue weighted by Gasteiger charge is -2.20. The van der Waals surface area contributed by atoms with Crippen molar-refractivity contribution in [1.29, 1.82) is 0 Å². The van der Waals surface area contributed by atoms with Crippen molar-refractivity contribution in [3.63, 3.8) is 0 Å². The second-order valence-electron chi connectivity index (χ2n) is 13.9. The first-order valence-electron chi connectivity index (χ1n) is 18.5. The molecule has 1 fully saturated rings. The van der Waals surface area contributed by atoms with Crippen LogP contribution in [0.15, 0.2) is 48.8 Å². The summed E-state index contributed by atoms with van der Waals surface area (Å²) in [6.07, 6.45) is -1.42. The van der Waals surface area contributed by atoms with Gasteiger partial charge in [0.05, 0.1) is 6.61 Å². The molecule has 0 saturated carbocycles. The number of aryl methyl sites for hydroxylation is 1. The average Bonchev–Trinajstić information content (AvgIpc) is 3.66. The number of amides is 1. The Morgan fingerprint density at radius 2 is 1.48 bits per heavy atom. The average molecular weight is 900 g/mol. The molecule has 14 N–H and O–H groups in total. The number of carbonyl (C=O) groups is 1. The molecule has 6 atom stereocenters. The number of pyridine rings is 1. The van der Waals surface area contributed by atoms with Crippen molar-refractivity contribution in [2.75, 3.05) is 42.2 Å². The van der Waals surface area contributed by atoms with Gasteiger partial charge in [-0.3, -0.25) is 13.9 Å². The van der Waals surface area contributed by atoms with Gasteiger partial charge in [0.2, 0.25) is 22.9 Å². The van der Waals surface area contributed by atoms with Crippen molar-refractivity contribution in [1.82, 2.24) is 24.8 Å². The molecule has 24 nitrogen and oxygen atoms in total. The minimum Gasteiger partial charge on any atom is -0.399 e. The molecule has 1 aliphatic rings. The molecule has 0 bridgehead atoms. The number of nitrogens with one attached hydrogen (secondary N) is 2. The number of hydrogen-bond donors (Lipinski definition) is 11. The SMILES string of the molecule is Nc1ccc2cc3ccc(N)cc3[n+](CCCC(=O)NCCCCCCNc3nc4c(N)ncnc4n3[C@@H]3O[C@H](COP(=O)(O)OP(=O)(O)OP(=O)(O)O)[C@@H](O)[C@H]3O)c2c1. The number of carbonyl (C=O) groups excluding carboxylic acids is 1. The van der Waals surface area contributed by atoms with Crippen LogP contribution in [0.3, 0.4) is 0 Å². The number of nitrogens with zero attached hydrogens (tertiary/aromatic N) is 5. The molecule has 1 saturated heterocycles. The number of aliphatic hydroxyl groups excluding tert-OH is 2. The maximum Gasteiger partial charge on any atom is 0.490 e. The molecule has 1 aliphatic heterocycles. The molecule has 6 rings (SSSR count). The van der Waals surface area contributed by atoms with Crippen molar-refractivity contribution in [3.8, 4) is 0 Å². The van der Waals surface area contributed by atoms with E-state index in [0.717, 1.165) is 47.4 Å². The van der Waals surface area contributed by atoms with Gasteiger partial charge in [0.25, 0.3) is 0 Å². The van der Waals surface area contributed by atoms with Crippen molar-refractivity contribution in [2.24, 2.45) is 0 Å². The molecule has 0 spiro atoms. The highest BCUT2D eigenvalue weighted by molar-refractivity contribution is 7.66. The summed E-state index contributed by atoms with van der Waals surface area (Å²) in [5, 5.41) is 29.8. The molecule has 60 heavy (non-hydrogen) atoms. The van der Waals surface area contributed by atoms with Crippen LogP contribution in [0.1, 0.15) is 44.8 Å². The van der Waals surface area contributed by atoms with Crippen molar-refractivity contribution >= 4 is 85.5 Å². The van der Waals surface area contributed by atoms with Crippen LogP contribution in [-0.4, -0.2) is 93.2 Å². The van der Waals surface area contributed by atoms with Crippen LogP contribution in [0.2, 0.25) is 0 Å². The molecule has 3 aromatic heterocycles. The molecule has 5 aromatic rings. The molecule has 4 heterocycles. The van der Waals surface area contributed by atoms with E-state index in [2.05, 4.69) is 49.4 Å². The molecule has 27 heteroatoms. The van der Waals surface area contributed by atoms with E-state index in [1.54, 1.807) is 0 Å². The number of anilines is 4. The Hall–Kier alpha value is -4.38. The van der Waals surface area contributed by atoms with Gasteiger partial charge in [0.15, 0.2) is 23.2 Å². The monoisotopic (exact) mass is 899 g/mol. The summed E-state index contributed by atoms with van der Waals surface area (Å²) in [6.45, 7) is 0.455. The zero-order chi connectivity index (χ0) is 43.4. The van der Waals surface area contributed by atoms with Gasteiger partial charge < -0.3 is 62.4 Å².